The summed E-state index contributed by atoms with van der Waals surface area (Å²) in [5.41, 5.74) is 5.73. The molecule has 1 saturated heterocycles. The van der Waals surface area contributed by atoms with Crippen LogP contribution in [0.15, 0.2) is 76.8 Å². The Balaban J connectivity index is 1.22. The van der Waals surface area contributed by atoms with Gasteiger partial charge in [0.2, 0.25) is 17.6 Å². The van der Waals surface area contributed by atoms with Gasteiger partial charge in [-0.15, -0.1) is 0 Å². The first-order chi connectivity index (χ1) is 21.9. The topological polar surface area (TPSA) is 93.6 Å². The lowest BCUT2D eigenvalue weighted by atomic mass is 9.82. The zero-order valence-electron chi connectivity index (χ0n) is 25.6. The lowest BCUT2D eigenvalue weighted by molar-refractivity contribution is -0.123. The summed E-state index contributed by atoms with van der Waals surface area (Å²) >= 11 is 10.0. The number of rotatable bonds is 6. The van der Waals surface area contributed by atoms with Crippen molar-refractivity contribution in [3.8, 4) is 11.3 Å². The molecule has 3 aliphatic rings. The Labute approximate surface area is 279 Å². The Hall–Kier alpha value is -4.14. The Bertz CT molecular complexity index is 2020. The van der Waals surface area contributed by atoms with Gasteiger partial charge in [0.25, 0.3) is 0 Å². The SMILES string of the molecule is CC1=CC2CC1C1C(=O)N(c3ccc(-c4cc(C(=O)OC(C)C(=O)c5ccc(C)cc5)c5cc(Br)c(Cl)c(C)c5n4)cc3)C(=O)C21. The van der Waals surface area contributed by atoms with E-state index in [4.69, 9.17) is 21.3 Å². The van der Waals surface area contributed by atoms with Crippen LogP contribution >= 0.6 is 27.5 Å². The van der Waals surface area contributed by atoms with Crippen LogP contribution in [0.1, 0.15) is 52.1 Å². The summed E-state index contributed by atoms with van der Waals surface area (Å²) in [4.78, 5) is 59.8. The van der Waals surface area contributed by atoms with E-state index in [-0.39, 0.29) is 46.8 Å². The van der Waals surface area contributed by atoms with Gasteiger partial charge < -0.3 is 4.74 Å². The number of ether oxygens (including phenoxy) is 1. The zero-order valence-corrected chi connectivity index (χ0v) is 28.0. The van der Waals surface area contributed by atoms with Crippen LogP contribution in [-0.4, -0.2) is 34.7 Å². The highest BCUT2D eigenvalue weighted by Crippen LogP contribution is 2.56. The molecule has 0 spiro atoms. The second kappa shape index (κ2) is 11.3. The fourth-order valence-corrected chi connectivity index (χ4v) is 7.99. The third kappa shape index (κ3) is 4.81. The van der Waals surface area contributed by atoms with Crippen molar-refractivity contribution in [2.75, 3.05) is 4.90 Å². The van der Waals surface area contributed by atoms with Gasteiger partial charge in [-0.2, -0.15) is 0 Å². The van der Waals surface area contributed by atoms with Gasteiger partial charge in [-0.1, -0.05) is 65.2 Å². The molecule has 3 aromatic carbocycles. The molecule has 1 saturated carbocycles. The average Bonchev–Trinajstić information content (AvgIpc) is 3.69. The van der Waals surface area contributed by atoms with E-state index in [0.29, 0.717) is 48.5 Å². The molecule has 1 aromatic heterocycles. The molecule has 0 radical (unpaired) electrons. The van der Waals surface area contributed by atoms with Gasteiger partial charge in [-0.3, -0.25) is 19.3 Å². The minimum Gasteiger partial charge on any atom is -0.451 e. The molecule has 5 unspecified atom stereocenters. The van der Waals surface area contributed by atoms with Crippen LogP contribution < -0.4 is 4.90 Å². The molecule has 1 aliphatic heterocycles. The number of benzene rings is 3. The number of imide groups is 1. The number of carbonyl (C=O) groups is 4. The highest BCUT2D eigenvalue weighted by atomic mass is 79.9. The van der Waals surface area contributed by atoms with Crippen molar-refractivity contribution in [2.24, 2.45) is 23.7 Å². The maximum atomic E-state index is 13.7. The standard InChI is InChI=1S/C37H30BrClN2O5/c1-17-5-7-22(8-6-17)34(42)20(4)46-37(45)27-16-29(40-33-19(3)32(39)28(38)15-26(27)33)21-9-11-24(12-10-21)41-35(43)30-23-13-18(2)25(14-23)31(30)36(41)44/h5-13,15-16,20,23,25,30-31H,14H2,1-4H3. The van der Waals surface area contributed by atoms with Crippen molar-refractivity contribution < 1.29 is 23.9 Å². The molecule has 232 valence electrons. The number of pyridine rings is 1. The van der Waals surface area contributed by atoms with Gasteiger partial charge >= 0.3 is 5.97 Å². The number of nitrogens with zero attached hydrogens (tertiary/aromatic N) is 2. The molecular weight excluding hydrogens is 668 g/mol. The number of ketones is 1. The summed E-state index contributed by atoms with van der Waals surface area (Å²) in [6, 6.07) is 17.5. The largest absolute Gasteiger partial charge is 0.451 e. The van der Waals surface area contributed by atoms with E-state index < -0.39 is 12.1 Å². The fourth-order valence-electron chi connectivity index (χ4n) is 7.32. The molecule has 5 atom stereocenters. The van der Waals surface area contributed by atoms with Crippen LogP contribution in [0, 0.1) is 37.5 Å². The van der Waals surface area contributed by atoms with E-state index in [1.165, 1.54) is 10.5 Å². The van der Waals surface area contributed by atoms with E-state index >= 15 is 0 Å². The van der Waals surface area contributed by atoms with E-state index in [1.54, 1.807) is 55.5 Å². The Morgan fingerprint density at radius 2 is 1.65 bits per heavy atom. The summed E-state index contributed by atoms with van der Waals surface area (Å²) < 4.78 is 6.31. The van der Waals surface area contributed by atoms with Crippen LogP contribution in [0.3, 0.4) is 0 Å². The molecule has 2 aliphatic carbocycles. The molecule has 2 fully saturated rings. The minimum absolute atomic E-state index is 0.126. The minimum atomic E-state index is -1.03. The maximum Gasteiger partial charge on any atom is 0.339 e. The predicted molar refractivity (Wildman–Crippen MR) is 180 cm³/mol. The second-order valence-electron chi connectivity index (χ2n) is 12.6. The summed E-state index contributed by atoms with van der Waals surface area (Å²) in [6.45, 7) is 7.35. The summed E-state index contributed by atoms with van der Waals surface area (Å²) in [5, 5.41) is 0.984. The number of fused-ring (bicyclic) bond motifs is 6. The van der Waals surface area contributed by atoms with Crippen LogP contribution in [0.4, 0.5) is 5.69 Å². The Morgan fingerprint density at radius 1 is 0.978 bits per heavy atom. The fraction of sp³-hybridized carbons (Fsp3) is 0.270. The smallest absolute Gasteiger partial charge is 0.339 e. The third-order valence-corrected chi connectivity index (χ3v) is 11.1. The first kappa shape index (κ1) is 30.5. The van der Waals surface area contributed by atoms with Crippen molar-refractivity contribution in [2.45, 2.75) is 40.2 Å². The first-order valence-electron chi connectivity index (χ1n) is 15.2. The van der Waals surface area contributed by atoms with E-state index in [1.807, 2.05) is 32.9 Å². The average molecular weight is 698 g/mol. The van der Waals surface area contributed by atoms with E-state index in [2.05, 4.69) is 22.0 Å². The van der Waals surface area contributed by atoms with Gasteiger partial charge in [0, 0.05) is 21.0 Å². The quantitative estimate of drug-likeness (QED) is 0.0876. The van der Waals surface area contributed by atoms with Crippen molar-refractivity contribution >= 4 is 67.7 Å². The molecule has 0 N–H and O–H groups in total. The van der Waals surface area contributed by atoms with Crippen molar-refractivity contribution in [1.82, 2.24) is 4.98 Å². The number of aryl methyl sites for hydroxylation is 2. The van der Waals surface area contributed by atoms with Crippen LogP contribution in [0.5, 0.6) is 0 Å². The van der Waals surface area contributed by atoms with E-state index in [9.17, 15) is 19.2 Å². The van der Waals surface area contributed by atoms with Gasteiger partial charge in [-0.05, 0) is 91.7 Å². The van der Waals surface area contributed by atoms with E-state index in [0.717, 1.165) is 12.0 Å². The van der Waals surface area contributed by atoms with Crippen LogP contribution in [0.2, 0.25) is 5.02 Å². The second-order valence-corrected chi connectivity index (χ2v) is 13.8. The molecule has 4 aromatic rings. The number of Topliss-reactive ketones (excluding diaryl/α,β-unsaturated/α-hetero) is 1. The molecule has 7 nitrogen and oxygen atoms in total. The number of carbonyl (C=O) groups excluding carboxylic acids is 4. The number of amides is 2. The first-order valence-corrected chi connectivity index (χ1v) is 16.4. The zero-order chi connectivity index (χ0) is 32.6. The number of hydrogen-bond acceptors (Lipinski definition) is 6. The maximum absolute atomic E-state index is 13.7. The Morgan fingerprint density at radius 3 is 2.35 bits per heavy atom. The lowest BCUT2D eigenvalue weighted by Crippen LogP contribution is -2.32. The molecule has 2 amide bonds. The van der Waals surface area contributed by atoms with Gasteiger partial charge in [0.05, 0.1) is 39.3 Å². The summed E-state index contributed by atoms with van der Waals surface area (Å²) in [5.74, 6) is -1.57. The highest BCUT2D eigenvalue weighted by molar-refractivity contribution is 9.10. The molecular formula is C37H30BrClN2O5. The molecule has 46 heavy (non-hydrogen) atoms. The molecule has 7 rings (SSSR count). The third-order valence-electron chi connectivity index (χ3n) is 9.73. The number of allylic oxidation sites excluding steroid dienone is 2. The number of aromatic nitrogens is 1. The number of anilines is 1. The van der Waals surface area contributed by atoms with Crippen molar-refractivity contribution in [3.63, 3.8) is 0 Å². The lowest BCUT2D eigenvalue weighted by Gasteiger charge is -2.19. The van der Waals surface area contributed by atoms with Crippen molar-refractivity contribution in [3.05, 3.63) is 104 Å². The van der Waals surface area contributed by atoms with Gasteiger partial charge in [-0.25, -0.2) is 9.78 Å². The number of hydrogen-bond donors (Lipinski definition) is 0. The normalized spacial score (nSPS) is 22.3. The molecule has 9 heteroatoms. The van der Waals surface area contributed by atoms with Crippen LogP contribution in [-0.2, 0) is 14.3 Å². The number of esters is 1. The summed E-state index contributed by atoms with van der Waals surface area (Å²) in [6.07, 6.45) is 2.01. The highest BCUT2D eigenvalue weighted by Gasteiger charge is 2.60. The van der Waals surface area contributed by atoms with Crippen LogP contribution in [0.25, 0.3) is 22.2 Å². The monoisotopic (exact) mass is 696 g/mol. The van der Waals surface area contributed by atoms with Crippen molar-refractivity contribution in [1.29, 1.82) is 0 Å². The predicted octanol–water partition coefficient (Wildman–Crippen LogP) is 8.06. The number of halogens is 2. The summed E-state index contributed by atoms with van der Waals surface area (Å²) in [7, 11) is 0. The van der Waals surface area contributed by atoms with Gasteiger partial charge in [0.1, 0.15) is 0 Å². The molecule has 2 bridgehead atoms. The van der Waals surface area contributed by atoms with Gasteiger partial charge in [0.15, 0.2) is 6.10 Å². The molecule has 2 heterocycles. The Kier molecular flexibility index (Phi) is 7.48.